The number of halogens is 3. The molecule has 0 fully saturated rings. The molecular weight excluding hydrogens is 245 g/mol. The number of hydrogen-bond acceptors (Lipinski definition) is 3. The van der Waals surface area contributed by atoms with Crippen LogP contribution in [0.1, 0.15) is 16.9 Å². The number of nitro groups is 1. The predicted molar refractivity (Wildman–Crippen MR) is 48.7 cm³/mol. The van der Waals surface area contributed by atoms with Crippen LogP contribution in [0.5, 0.6) is 0 Å². The lowest BCUT2D eigenvalue weighted by atomic mass is 10.4. The topological polar surface area (TPSA) is 85.4 Å². The van der Waals surface area contributed by atoms with Gasteiger partial charge in [-0.1, -0.05) is 0 Å². The molecule has 0 radical (unpaired) electrons. The summed E-state index contributed by atoms with van der Waals surface area (Å²) in [5.74, 6) is -1.51. The Morgan fingerprint density at radius 3 is 2.53 bits per heavy atom. The van der Waals surface area contributed by atoms with Crippen molar-refractivity contribution in [3.05, 3.63) is 28.1 Å². The number of carboxylic acids is 1. The lowest BCUT2D eigenvalue weighted by Gasteiger charge is -2.08. The fraction of sp³-hybridized carbons (Fsp3) is 0.375. The molecule has 9 heteroatoms. The van der Waals surface area contributed by atoms with Gasteiger partial charge in [0.25, 0.3) is 5.69 Å². The van der Waals surface area contributed by atoms with Crippen LogP contribution in [0.25, 0.3) is 0 Å². The number of aromatic carboxylic acids is 1. The van der Waals surface area contributed by atoms with Gasteiger partial charge in [0.2, 0.25) is 0 Å². The lowest BCUT2D eigenvalue weighted by Crippen LogP contribution is -2.15. The minimum absolute atomic E-state index is 0.541. The summed E-state index contributed by atoms with van der Waals surface area (Å²) < 4.78 is 36.5. The summed E-state index contributed by atoms with van der Waals surface area (Å²) in [5, 5.41) is 19.0. The molecule has 0 saturated heterocycles. The molecule has 0 spiro atoms. The van der Waals surface area contributed by atoms with E-state index in [1.807, 2.05) is 0 Å². The van der Waals surface area contributed by atoms with Crippen LogP contribution in [-0.2, 0) is 6.54 Å². The van der Waals surface area contributed by atoms with E-state index in [2.05, 4.69) is 0 Å². The first kappa shape index (κ1) is 13.0. The first-order valence-electron chi connectivity index (χ1n) is 4.35. The van der Waals surface area contributed by atoms with E-state index < -0.39 is 41.4 Å². The van der Waals surface area contributed by atoms with Crippen LogP contribution >= 0.6 is 0 Å². The van der Waals surface area contributed by atoms with Crippen molar-refractivity contribution in [1.82, 2.24) is 4.57 Å². The van der Waals surface area contributed by atoms with Crippen molar-refractivity contribution in [2.45, 2.75) is 19.1 Å². The predicted octanol–water partition coefficient (Wildman–Crippen LogP) is 2.05. The van der Waals surface area contributed by atoms with Crippen molar-refractivity contribution in [1.29, 1.82) is 0 Å². The van der Waals surface area contributed by atoms with E-state index in [0.717, 1.165) is 12.3 Å². The highest BCUT2D eigenvalue weighted by Gasteiger charge is 2.28. The number of carbonyl (C=O) groups is 1. The van der Waals surface area contributed by atoms with Gasteiger partial charge >= 0.3 is 12.1 Å². The highest BCUT2D eigenvalue weighted by atomic mass is 19.4. The lowest BCUT2D eigenvalue weighted by molar-refractivity contribution is -0.384. The number of alkyl halides is 3. The quantitative estimate of drug-likeness (QED) is 0.656. The Hall–Kier alpha value is -2.06. The third-order valence-electron chi connectivity index (χ3n) is 1.95. The zero-order valence-electron chi connectivity index (χ0n) is 8.27. The van der Waals surface area contributed by atoms with Crippen LogP contribution in [-0.4, -0.2) is 26.7 Å². The van der Waals surface area contributed by atoms with Crippen molar-refractivity contribution >= 4 is 11.7 Å². The Kier molecular flexibility index (Phi) is 3.39. The van der Waals surface area contributed by atoms with Gasteiger partial charge in [0.15, 0.2) is 0 Å². The van der Waals surface area contributed by atoms with Crippen molar-refractivity contribution in [2.24, 2.45) is 0 Å². The van der Waals surface area contributed by atoms with Gasteiger partial charge in [-0.3, -0.25) is 10.1 Å². The summed E-state index contributed by atoms with van der Waals surface area (Å²) in [5.41, 5.74) is -1.09. The molecule has 1 rings (SSSR count). The van der Waals surface area contributed by atoms with E-state index in [1.54, 1.807) is 0 Å². The second kappa shape index (κ2) is 4.44. The largest absolute Gasteiger partial charge is 0.477 e. The summed E-state index contributed by atoms with van der Waals surface area (Å²) in [6, 6.07) is 0.721. The zero-order chi connectivity index (χ0) is 13.2. The van der Waals surface area contributed by atoms with E-state index in [9.17, 15) is 28.1 Å². The van der Waals surface area contributed by atoms with Gasteiger partial charge in [-0.15, -0.1) is 0 Å². The van der Waals surface area contributed by atoms with Crippen molar-refractivity contribution in [3.8, 4) is 0 Å². The monoisotopic (exact) mass is 252 g/mol. The standard InChI is InChI=1S/C8H7F3N2O4/c9-8(10,11)1-2-12-4-5(13(16)17)3-6(12)7(14)15/h3-4H,1-2H2,(H,14,15). The molecule has 0 aliphatic heterocycles. The Balaban J connectivity index is 2.97. The molecule has 1 N–H and O–H groups in total. The van der Waals surface area contributed by atoms with Crippen molar-refractivity contribution in [3.63, 3.8) is 0 Å². The first-order valence-corrected chi connectivity index (χ1v) is 4.35. The molecule has 0 aromatic carbocycles. The molecule has 6 nitrogen and oxygen atoms in total. The summed E-state index contributed by atoms with van der Waals surface area (Å²) >= 11 is 0. The van der Waals surface area contributed by atoms with E-state index >= 15 is 0 Å². The van der Waals surface area contributed by atoms with Gasteiger partial charge in [-0.25, -0.2) is 4.79 Å². The van der Waals surface area contributed by atoms with Crippen LogP contribution in [0, 0.1) is 10.1 Å². The minimum atomic E-state index is -4.45. The molecule has 0 bridgehead atoms. The van der Waals surface area contributed by atoms with Gasteiger partial charge < -0.3 is 9.67 Å². The molecule has 94 valence electrons. The molecule has 17 heavy (non-hydrogen) atoms. The van der Waals surface area contributed by atoms with Crippen LogP contribution in [0.2, 0.25) is 0 Å². The Bertz CT molecular complexity index is 452. The molecule has 0 saturated carbocycles. The van der Waals surface area contributed by atoms with E-state index in [0.29, 0.717) is 4.57 Å². The molecule has 0 unspecified atom stereocenters. The van der Waals surface area contributed by atoms with Gasteiger partial charge in [0.1, 0.15) is 5.69 Å². The molecule has 0 aliphatic rings. The average Bonchev–Trinajstić information content (AvgIpc) is 2.57. The normalized spacial score (nSPS) is 11.5. The van der Waals surface area contributed by atoms with Crippen LogP contribution < -0.4 is 0 Å². The van der Waals surface area contributed by atoms with Crippen LogP contribution in [0.4, 0.5) is 18.9 Å². The molecule has 1 aromatic heterocycles. The summed E-state index contributed by atoms with van der Waals surface area (Å²) in [4.78, 5) is 20.2. The maximum atomic E-state index is 11.9. The van der Waals surface area contributed by atoms with E-state index in [1.165, 1.54) is 0 Å². The third-order valence-corrected chi connectivity index (χ3v) is 1.95. The Morgan fingerprint density at radius 2 is 2.12 bits per heavy atom. The number of rotatable bonds is 4. The van der Waals surface area contributed by atoms with E-state index in [-0.39, 0.29) is 0 Å². The fourth-order valence-corrected chi connectivity index (χ4v) is 1.21. The van der Waals surface area contributed by atoms with Gasteiger partial charge in [0.05, 0.1) is 17.5 Å². The summed E-state index contributed by atoms with van der Waals surface area (Å²) in [6.07, 6.45) is -4.93. The molecular formula is C8H7F3N2O4. The van der Waals surface area contributed by atoms with Crippen LogP contribution in [0.3, 0.4) is 0 Å². The molecule has 0 amide bonds. The minimum Gasteiger partial charge on any atom is -0.477 e. The summed E-state index contributed by atoms with van der Waals surface area (Å²) in [6.45, 7) is -0.668. The maximum absolute atomic E-state index is 11.9. The highest BCUT2D eigenvalue weighted by Crippen LogP contribution is 2.23. The maximum Gasteiger partial charge on any atom is 0.390 e. The van der Waals surface area contributed by atoms with Crippen LogP contribution in [0.15, 0.2) is 12.3 Å². The van der Waals surface area contributed by atoms with Crippen molar-refractivity contribution in [2.75, 3.05) is 0 Å². The SMILES string of the molecule is O=C(O)c1cc([N+](=O)[O-])cn1CCC(F)(F)F. The number of carboxylic acid groups (broad SMARTS) is 1. The van der Waals surface area contributed by atoms with Gasteiger partial charge in [0, 0.05) is 12.6 Å². The summed E-state index contributed by atoms with van der Waals surface area (Å²) in [7, 11) is 0. The molecule has 0 aliphatic carbocycles. The second-order valence-corrected chi connectivity index (χ2v) is 3.20. The Labute approximate surface area is 92.4 Å². The van der Waals surface area contributed by atoms with Crippen molar-refractivity contribution < 1.29 is 28.0 Å². The zero-order valence-corrected chi connectivity index (χ0v) is 8.27. The van der Waals surface area contributed by atoms with Gasteiger partial charge in [-0.2, -0.15) is 13.2 Å². The molecule has 1 heterocycles. The first-order chi connectivity index (χ1) is 7.70. The number of hydrogen-bond donors (Lipinski definition) is 1. The smallest absolute Gasteiger partial charge is 0.390 e. The molecule has 0 atom stereocenters. The fourth-order valence-electron chi connectivity index (χ4n) is 1.21. The highest BCUT2D eigenvalue weighted by molar-refractivity contribution is 5.86. The van der Waals surface area contributed by atoms with Gasteiger partial charge in [-0.05, 0) is 0 Å². The average molecular weight is 252 g/mol. The number of nitrogens with zero attached hydrogens (tertiary/aromatic N) is 2. The third kappa shape index (κ3) is 3.47. The number of aryl methyl sites for hydroxylation is 1. The number of aromatic nitrogens is 1. The Morgan fingerprint density at radius 1 is 1.53 bits per heavy atom. The second-order valence-electron chi connectivity index (χ2n) is 3.20. The molecule has 1 aromatic rings. The van der Waals surface area contributed by atoms with E-state index in [4.69, 9.17) is 5.11 Å².